The summed E-state index contributed by atoms with van der Waals surface area (Å²) in [5.41, 5.74) is 9.67. The van der Waals surface area contributed by atoms with Crippen LogP contribution in [0.3, 0.4) is 0 Å². The quantitative estimate of drug-likeness (QED) is 0.579. The van der Waals surface area contributed by atoms with Crippen LogP contribution in [-0.4, -0.2) is 11.0 Å². The van der Waals surface area contributed by atoms with E-state index in [4.69, 9.17) is 5.73 Å². The zero-order chi connectivity index (χ0) is 14.9. The van der Waals surface area contributed by atoms with Crippen molar-refractivity contribution in [3.8, 4) is 5.75 Å². The van der Waals surface area contributed by atoms with E-state index in [9.17, 15) is 9.90 Å². The van der Waals surface area contributed by atoms with Crippen molar-refractivity contribution in [2.45, 2.75) is 20.8 Å². The maximum Gasteiger partial charge on any atom is 0.257 e. The number of nitrogens with two attached hydrogens (primary N) is 1. The van der Waals surface area contributed by atoms with E-state index in [1.807, 2.05) is 26.0 Å². The first kappa shape index (κ1) is 13.9. The molecular weight excluding hydrogens is 252 g/mol. The zero-order valence-corrected chi connectivity index (χ0v) is 11.8. The van der Waals surface area contributed by atoms with Gasteiger partial charge in [0.2, 0.25) is 0 Å². The number of phenolic OH excluding ortho intramolecular Hbond substituents is 1. The molecule has 0 spiro atoms. The number of benzene rings is 2. The molecular formula is C16H18N2O2. The van der Waals surface area contributed by atoms with Gasteiger partial charge < -0.3 is 16.2 Å². The summed E-state index contributed by atoms with van der Waals surface area (Å²) in [6, 6.07) is 8.86. The van der Waals surface area contributed by atoms with Crippen LogP contribution >= 0.6 is 0 Å². The van der Waals surface area contributed by atoms with Crippen LogP contribution in [0.5, 0.6) is 5.75 Å². The van der Waals surface area contributed by atoms with Crippen LogP contribution in [0.2, 0.25) is 0 Å². The number of aromatic hydroxyl groups is 1. The molecule has 0 heterocycles. The summed E-state index contributed by atoms with van der Waals surface area (Å²) >= 11 is 0. The van der Waals surface area contributed by atoms with E-state index in [1.54, 1.807) is 25.1 Å². The molecule has 0 unspecified atom stereocenters. The van der Waals surface area contributed by atoms with Gasteiger partial charge in [-0.25, -0.2) is 0 Å². The molecule has 2 aromatic carbocycles. The molecule has 0 aliphatic heterocycles. The van der Waals surface area contributed by atoms with Crippen molar-refractivity contribution in [3.63, 3.8) is 0 Å². The molecule has 0 saturated carbocycles. The molecule has 0 aromatic heterocycles. The van der Waals surface area contributed by atoms with Crippen molar-refractivity contribution in [1.82, 2.24) is 0 Å². The minimum Gasteiger partial charge on any atom is -0.505 e. The van der Waals surface area contributed by atoms with Crippen LogP contribution in [0.25, 0.3) is 0 Å². The molecule has 4 heteroatoms. The van der Waals surface area contributed by atoms with Crippen LogP contribution in [0.4, 0.5) is 11.4 Å². The molecule has 0 aliphatic carbocycles. The molecule has 0 aliphatic rings. The Bertz CT molecular complexity index is 678. The van der Waals surface area contributed by atoms with Gasteiger partial charge in [0, 0.05) is 5.69 Å². The monoisotopic (exact) mass is 270 g/mol. The van der Waals surface area contributed by atoms with Crippen LogP contribution in [-0.2, 0) is 0 Å². The predicted molar refractivity (Wildman–Crippen MR) is 81.1 cm³/mol. The Kier molecular flexibility index (Phi) is 3.66. The molecule has 0 atom stereocenters. The minimum atomic E-state index is -0.327. The van der Waals surface area contributed by atoms with Crippen molar-refractivity contribution in [2.24, 2.45) is 0 Å². The number of carbonyl (C=O) groups is 1. The van der Waals surface area contributed by atoms with E-state index in [0.29, 0.717) is 16.9 Å². The van der Waals surface area contributed by atoms with Gasteiger partial charge in [0.1, 0.15) is 5.75 Å². The summed E-state index contributed by atoms with van der Waals surface area (Å²) in [5.74, 6) is -0.248. The Morgan fingerprint density at radius 3 is 2.50 bits per heavy atom. The predicted octanol–water partition coefficient (Wildman–Crippen LogP) is 3.15. The zero-order valence-electron chi connectivity index (χ0n) is 11.8. The fraction of sp³-hybridized carbons (Fsp3) is 0.188. The first-order valence-corrected chi connectivity index (χ1v) is 6.36. The molecule has 0 radical (unpaired) electrons. The summed E-state index contributed by atoms with van der Waals surface area (Å²) in [5, 5.41) is 12.7. The second-order valence-corrected chi connectivity index (χ2v) is 5.02. The highest BCUT2D eigenvalue weighted by molar-refractivity contribution is 6.08. The van der Waals surface area contributed by atoms with Gasteiger partial charge in [-0.2, -0.15) is 0 Å². The lowest BCUT2D eigenvalue weighted by Gasteiger charge is -2.12. The Labute approximate surface area is 118 Å². The lowest BCUT2D eigenvalue weighted by atomic mass is 10.1. The topological polar surface area (TPSA) is 75.3 Å². The number of hydrogen-bond acceptors (Lipinski definition) is 3. The van der Waals surface area contributed by atoms with Crippen molar-refractivity contribution >= 4 is 17.3 Å². The number of amides is 1. The first-order valence-electron chi connectivity index (χ1n) is 6.36. The van der Waals surface area contributed by atoms with Gasteiger partial charge in [-0.05, 0) is 50.1 Å². The van der Waals surface area contributed by atoms with Crippen molar-refractivity contribution in [3.05, 3.63) is 52.6 Å². The Balaban J connectivity index is 2.35. The van der Waals surface area contributed by atoms with Gasteiger partial charge in [0.15, 0.2) is 0 Å². The molecule has 0 fully saturated rings. The summed E-state index contributed by atoms with van der Waals surface area (Å²) in [6.45, 7) is 5.59. The minimum absolute atomic E-state index is 0.0789. The van der Waals surface area contributed by atoms with Crippen LogP contribution < -0.4 is 11.1 Å². The van der Waals surface area contributed by atoms with Gasteiger partial charge in [-0.3, -0.25) is 4.79 Å². The lowest BCUT2D eigenvalue weighted by molar-refractivity contribution is 0.102. The average molecular weight is 270 g/mol. The molecule has 2 aromatic rings. The number of hydrogen-bond donors (Lipinski definition) is 3. The van der Waals surface area contributed by atoms with Gasteiger partial charge >= 0.3 is 0 Å². The molecule has 0 bridgehead atoms. The fourth-order valence-corrected chi connectivity index (χ4v) is 2.11. The Hall–Kier alpha value is -2.49. The highest BCUT2D eigenvalue weighted by Crippen LogP contribution is 2.29. The van der Waals surface area contributed by atoms with E-state index in [0.717, 1.165) is 16.7 Å². The molecule has 2 rings (SSSR count). The fourth-order valence-electron chi connectivity index (χ4n) is 2.11. The number of rotatable bonds is 2. The van der Waals surface area contributed by atoms with Crippen molar-refractivity contribution in [1.29, 1.82) is 0 Å². The summed E-state index contributed by atoms with van der Waals surface area (Å²) in [7, 11) is 0. The Morgan fingerprint density at radius 2 is 1.80 bits per heavy atom. The molecule has 1 amide bonds. The highest BCUT2D eigenvalue weighted by Gasteiger charge is 2.13. The summed E-state index contributed by atoms with van der Waals surface area (Å²) in [6.07, 6.45) is 0. The second kappa shape index (κ2) is 5.25. The molecule has 4 N–H and O–H groups in total. The normalized spacial score (nSPS) is 10.3. The third-order valence-electron chi connectivity index (χ3n) is 3.15. The van der Waals surface area contributed by atoms with Gasteiger partial charge in [0.05, 0.1) is 11.3 Å². The van der Waals surface area contributed by atoms with E-state index in [2.05, 4.69) is 5.32 Å². The summed E-state index contributed by atoms with van der Waals surface area (Å²) < 4.78 is 0. The summed E-state index contributed by atoms with van der Waals surface area (Å²) in [4.78, 5) is 12.3. The van der Waals surface area contributed by atoms with Crippen molar-refractivity contribution < 1.29 is 9.90 Å². The molecule has 4 nitrogen and oxygen atoms in total. The van der Waals surface area contributed by atoms with Crippen LogP contribution in [0, 0.1) is 20.8 Å². The van der Waals surface area contributed by atoms with E-state index in [1.165, 1.54) is 0 Å². The maximum absolute atomic E-state index is 12.3. The van der Waals surface area contributed by atoms with Gasteiger partial charge in [-0.15, -0.1) is 0 Å². The van der Waals surface area contributed by atoms with Crippen molar-refractivity contribution in [2.75, 3.05) is 11.1 Å². The third-order valence-corrected chi connectivity index (χ3v) is 3.15. The number of anilines is 2. The molecule has 104 valence electrons. The SMILES string of the molecule is Cc1cc(C)c(O)c(NC(=O)c2cc(C)ccc2N)c1. The first-order chi connectivity index (χ1) is 9.38. The van der Waals surface area contributed by atoms with E-state index in [-0.39, 0.29) is 11.7 Å². The van der Waals surface area contributed by atoms with Gasteiger partial charge in [-0.1, -0.05) is 17.7 Å². The largest absolute Gasteiger partial charge is 0.505 e. The van der Waals surface area contributed by atoms with Crippen LogP contribution in [0.15, 0.2) is 30.3 Å². The standard InChI is InChI=1S/C16H18N2O2/c1-9-4-5-13(17)12(7-9)16(20)18-14-8-10(2)6-11(3)15(14)19/h4-8,19H,17H2,1-3H3,(H,18,20). The molecule has 0 saturated heterocycles. The second-order valence-electron chi connectivity index (χ2n) is 5.02. The number of nitrogens with one attached hydrogen (secondary N) is 1. The van der Waals surface area contributed by atoms with Gasteiger partial charge in [0.25, 0.3) is 5.91 Å². The number of aryl methyl sites for hydroxylation is 3. The van der Waals surface area contributed by atoms with Crippen LogP contribution in [0.1, 0.15) is 27.0 Å². The number of phenols is 1. The number of carbonyl (C=O) groups excluding carboxylic acids is 1. The molecule has 20 heavy (non-hydrogen) atoms. The Morgan fingerprint density at radius 1 is 1.10 bits per heavy atom. The average Bonchev–Trinajstić information content (AvgIpc) is 2.38. The number of nitrogen functional groups attached to an aromatic ring is 1. The third kappa shape index (κ3) is 2.74. The smallest absolute Gasteiger partial charge is 0.257 e. The van der Waals surface area contributed by atoms with E-state index < -0.39 is 0 Å². The maximum atomic E-state index is 12.3. The van der Waals surface area contributed by atoms with E-state index >= 15 is 0 Å². The lowest BCUT2D eigenvalue weighted by Crippen LogP contribution is -2.14. The highest BCUT2D eigenvalue weighted by atomic mass is 16.3.